The third-order valence-corrected chi connectivity index (χ3v) is 6.82. The summed E-state index contributed by atoms with van der Waals surface area (Å²) in [6.45, 7) is 2.32. The molecule has 1 spiro atoms. The average molecular weight is 370 g/mol. The lowest BCUT2D eigenvalue weighted by molar-refractivity contribution is -0.148. The first-order chi connectivity index (χ1) is 13.0. The monoisotopic (exact) mass is 370 g/mol. The standard InChI is InChI=1S/C20H26N4O3/c25-18(14-3-4-14)24-11-20(10-16(24)19(26)27)5-7-23(8-6-20)17-9-15(13-1-2-13)21-12-22-17/h9,12-14,16H,1-8,10-11H2,(H,26,27)/t16-/m1/s1. The normalized spacial score (nSPS) is 27.2. The molecular formula is C20H26N4O3. The van der Waals surface area contributed by atoms with Crippen molar-refractivity contribution in [1.29, 1.82) is 0 Å². The summed E-state index contributed by atoms with van der Waals surface area (Å²) in [5.41, 5.74) is 1.09. The van der Waals surface area contributed by atoms with Gasteiger partial charge < -0.3 is 14.9 Å². The molecule has 0 radical (unpaired) electrons. The van der Waals surface area contributed by atoms with E-state index in [4.69, 9.17) is 0 Å². The van der Waals surface area contributed by atoms with E-state index in [1.165, 1.54) is 12.8 Å². The van der Waals surface area contributed by atoms with E-state index in [2.05, 4.69) is 20.9 Å². The molecule has 2 aliphatic carbocycles. The Morgan fingerprint density at radius 3 is 2.48 bits per heavy atom. The van der Waals surface area contributed by atoms with Crippen molar-refractivity contribution in [2.75, 3.05) is 24.5 Å². The molecule has 5 rings (SSSR count). The molecule has 3 heterocycles. The summed E-state index contributed by atoms with van der Waals surface area (Å²) in [5, 5.41) is 9.65. The number of carbonyl (C=O) groups is 2. The van der Waals surface area contributed by atoms with Crippen molar-refractivity contribution in [2.24, 2.45) is 11.3 Å². The molecule has 144 valence electrons. The number of carbonyl (C=O) groups excluding carboxylic acids is 1. The number of amides is 1. The molecule has 2 saturated heterocycles. The number of carboxylic acids is 1. The van der Waals surface area contributed by atoms with Gasteiger partial charge in [0.25, 0.3) is 0 Å². The van der Waals surface area contributed by atoms with Gasteiger partial charge in [-0.05, 0) is 50.4 Å². The zero-order valence-corrected chi connectivity index (χ0v) is 15.5. The van der Waals surface area contributed by atoms with Crippen molar-refractivity contribution in [3.63, 3.8) is 0 Å². The van der Waals surface area contributed by atoms with Gasteiger partial charge in [0.15, 0.2) is 0 Å². The molecule has 4 fully saturated rings. The molecule has 7 heteroatoms. The molecule has 27 heavy (non-hydrogen) atoms. The summed E-state index contributed by atoms with van der Waals surface area (Å²) in [6.07, 6.45) is 8.36. The van der Waals surface area contributed by atoms with Gasteiger partial charge in [-0.3, -0.25) is 4.79 Å². The predicted octanol–water partition coefficient (Wildman–Crippen LogP) is 2.04. The van der Waals surface area contributed by atoms with E-state index in [1.807, 2.05) is 0 Å². The topological polar surface area (TPSA) is 86.6 Å². The van der Waals surface area contributed by atoms with Crippen LogP contribution in [-0.2, 0) is 9.59 Å². The van der Waals surface area contributed by atoms with Crippen LogP contribution in [0.4, 0.5) is 5.82 Å². The maximum atomic E-state index is 12.6. The Kier molecular flexibility index (Phi) is 3.88. The molecule has 0 bridgehead atoms. The van der Waals surface area contributed by atoms with E-state index < -0.39 is 12.0 Å². The van der Waals surface area contributed by atoms with Crippen molar-refractivity contribution in [3.8, 4) is 0 Å². The number of aliphatic carboxylic acids is 1. The Bertz CT molecular complexity index is 766. The van der Waals surface area contributed by atoms with Gasteiger partial charge in [-0.25, -0.2) is 14.8 Å². The number of carboxylic acid groups (broad SMARTS) is 1. The minimum atomic E-state index is -0.854. The zero-order valence-electron chi connectivity index (χ0n) is 15.5. The molecule has 1 atom stereocenters. The van der Waals surface area contributed by atoms with Crippen molar-refractivity contribution >= 4 is 17.7 Å². The third-order valence-electron chi connectivity index (χ3n) is 6.82. The van der Waals surface area contributed by atoms with Crippen LogP contribution in [0.5, 0.6) is 0 Å². The van der Waals surface area contributed by atoms with Gasteiger partial charge in [-0.15, -0.1) is 0 Å². The van der Waals surface area contributed by atoms with Crippen LogP contribution in [0.15, 0.2) is 12.4 Å². The highest BCUT2D eigenvalue weighted by Crippen LogP contribution is 2.46. The highest BCUT2D eigenvalue weighted by molar-refractivity contribution is 5.87. The molecule has 0 aromatic carbocycles. The number of aromatic nitrogens is 2. The second kappa shape index (κ2) is 6.17. The number of piperidine rings is 1. The van der Waals surface area contributed by atoms with Crippen molar-refractivity contribution in [1.82, 2.24) is 14.9 Å². The van der Waals surface area contributed by atoms with Gasteiger partial charge in [0.05, 0.1) is 0 Å². The van der Waals surface area contributed by atoms with Gasteiger partial charge in [0.2, 0.25) is 5.91 Å². The van der Waals surface area contributed by atoms with Crippen LogP contribution in [-0.4, -0.2) is 57.5 Å². The van der Waals surface area contributed by atoms with Crippen molar-refractivity contribution < 1.29 is 14.7 Å². The SMILES string of the molecule is O=C(O)[C@H]1CC2(CCN(c3cc(C4CC4)ncn3)CC2)CN1C(=O)C1CC1. The van der Waals surface area contributed by atoms with Crippen molar-refractivity contribution in [2.45, 2.75) is 56.9 Å². The quantitative estimate of drug-likeness (QED) is 0.873. The van der Waals surface area contributed by atoms with Crippen LogP contribution in [0.3, 0.4) is 0 Å². The van der Waals surface area contributed by atoms with Crippen LogP contribution in [0.25, 0.3) is 0 Å². The average Bonchev–Trinajstić information content (AvgIpc) is 3.58. The smallest absolute Gasteiger partial charge is 0.326 e. The van der Waals surface area contributed by atoms with E-state index in [-0.39, 0.29) is 17.2 Å². The van der Waals surface area contributed by atoms with E-state index in [9.17, 15) is 14.7 Å². The second-order valence-corrected chi connectivity index (χ2v) is 8.86. The fraction of sp³-hybridized carbons (Fsp3) is 0.700. The molecule has 4 aliphatic rings. The van der Waals surface area contributed by atoms with Gasteiger partial charge in [0, 0.05) is 43.2 Å². The number of hydrogen-bond donors (Lipinski definition) is 1. The first kappa shape index (κ1) is 17.0. The largest absolute Gasteiger partial charge is 0.480 e. The number of likely N-dealkylation sites (tertiary alicyclic amines) is 1. The molecule has 0 unspecified atom stereocenters. The van der Waals surface area contributed by atoms with Crippen LogP contribution >= 0.6 is 0 Å². The Morgan fingerprint density at radius 1 is 1.11 bits per heavy atom. The molecule has 2 saturated carbocycles. The Hall–Kier alpha value is -2.18. The van der Waals surface area contributed by atoms with Crippen LogP contribution in [0, 0.1) is 11.3 Å². The molecule has 2 aliphatic heterocycles. The summed E-state index contributed by atoms with van der Waals surface area (Å²) < 4.78 is 0. The molecule has 1 amide bonds. The fourth-order valence-corrected chi connectivity index (χ4v) is 4.78. The summed E-state index contributed by atoms with van der Waals surface area (Å²) in [4.78, 5) is 37.2. The van der Waals surface area contributed by atoms with Gasteiger partial charge in [-0.2, -0.15) is 0 Å². The molecule has 7 nitrogen and oxygen atoms in total. The van der Waals surface area contributed by atoms with Crippen LogP contribution in [0.2, 0.25) is 0 Å². The number of anilines is 1. The van der Waals surface area contributed by atoms with E-state index >= 15 is 0 Å². The Labute approximate surface area is 158 Å². The van der Waals surface area contributed by atoms with Gasteiger partial charge in [-0.1, -0.05) is 0 Å². The molecule has 1 N–H and O–H groups in total. The molecular weight excluding hydrogens is 344 g/mol. The van der Waals surface area contributed by atoms with Crippen LogP contribution < -0.4 is 4.90 Å². The van der Waals surface area contributed by atoms with E-state index in [0.717, 1.165) is 50.3 Å². The zero-order chi connectivity index (χ0) is 18.6. The first-order valence-corrected chi connectivity index (χ1v) is 10.1. The third kappa shape index (κ3) is 3.17. The Balaban J connectivity index is 1.28. The van der Waals surface area contributed by atoms with Crippen LogP contribution in [0.1, 0.15) is 56.6 Å². The van der Waals surface area contributed by atoms with Gasteiger partial charge in [0.1, 0.15) is 18.2 Å². The van der Waals surface area contributed by atoms with Gasteiger partial charge >= 0.3 is 5.97 Å². The van der Waals surface area contributed by atoms with Crippen molar-refractivity contribution in [3.05, 3.63) is 18.1 Å². The highest BCUT2D eigenvalue weighted by atomic mass is 16.4. The summed E-state index contributed by atoms with van der Waals surface area (Å²) in [5.74, 6) is 0.875. The maximum absolute atomic E-state index is 12.6. The molecule has 1 aromatic heterocycles. The maximum Gasteiger partial charge on any atom is 0.326 e. The lowest BCUT2D eigenvalue weighted by Crippen LogP contribution is -2.43. The lowest BCUT2D eigenvalue weighted by atomic mass is 9.76. The second-order valence-electron chi connectivity index (χ2n) is 8.86. The first-order valence-electron chi connectivity index (χ1n) is 10.1. The summed E-state index contributed by atoms with van der Waals surface area (Å²) in [7, 11) is 0. The summed E-state index contributed by atoms with van der Waals surface area (Å²) in [6, 6.07) is 1.47. The number of nitrogens with zero attached hydrogens (tertiary/aromatic N) is 4. The highest BCUT2D eigenvalue weighted by Gasteiger charge is 2.51. The minimum absolute atomic E-state index is 0.0591. The van der Waals surface area contributed by atoms with E-state index in [1.54, 1.807) is 11.2 Å². The fourth-order valence-electron chi connectivity index (χ4n) is 4.78. The summed E-state index contributed by atoms with van der Waals surface area (Å²) >= 11 is 0. The minimum Gasteiger partial charge on any atom is -0.480 e. The number of rotatable bonds is 4. The van der Waals surface area contributed by atoms with E-state index in [0.29, 0.717) is 18.9 Å². The lowest BCUT2D eigenvalue weighted by Gasteiger charge is -2.39. The predicted molar refractivity (Wildman–Crippen MR) is 98.4 cm³/mol. The Morgan fingerprint density at radius 2 is 1.85 bits per heavy atom. The molecule has 1 aromatic rings. The number of hydrogen-bond acceptors (Lipinski definition) is 5.